The van der Waals surface area contributed by atoms with Crippen LogP contribution >= 0.6 is 23.4 Å². The number of nitrogens with one attached hydrogen (secondary N) is 1. The number of nitrogen functional groups attached to an aromatic ring is 1. The molecule has 1 aromatic heterocycles. The Bertz CT molecular complexity index is 871. The van der Waals surface area contributed by atoms with Crippen LogP contribution in [0.15, 0.2) is 41.6 Å². The fraction of sp³-hybridized carbons (Fsp3) is 0.455. The van der Waals surface area contributed by atoms with E-state index in [-0.39, 0.29) is 18.1 Å². The number of rotatable bonds is 9. The van der Waals surface area contributed by atoms with E-state index in [2.05, 4.69) is 15.2 Å². The van der Waals surface area contributed by atoms with Crippen LogP contribution < -0.4 is 15.8 Å². The van der Waals surface area contributed by atoms with Crippen molar-refractivity contribution in [3.63, 3.8) is 0 Å². The summed E-state index contributed by atoms with van der Waals surface area (Å²) in [6.45, 7) is 2.69. The third kappa shape index (κ3) is 6.49. The zero-order valence-corrected chi connectivity index (χ0v) is 19.4. The summed E-state index contributed by atoms with van der Waals surface area (Å²) in [4.78, 5) is 20.6. The number of benzene rings is 1. The standard InChI is InChI=1S/C22H29ClN4O3S/c1-29-20-13-18(24)17(23)12-16(20)22(28)26-19-6-10-27(14-21(19)30-2)9-3-11-31-15-4-7-25-8-5-15/h4-5,7-8,12-13,19,21H,3,6,9-11,14,24H2,1-2H3,(H,26,28)/t19-,21+/m0/s1. The van der Waals surface area contributed by atoms with Gasteiger partial charge >= 0.3 is 0 Å². The Morgan fingerprint density at radius 2 is 2.13 bits per heavy atom. The van der Waals surface area contributed by atoms with Gasteiger partial charge < -0.3 is 25.4 Å². The summed E-state index contributed by atoms with van der Waals surface area (Å²) in [6, 6.07) is 7.09. The molecule has 0 bridgehead atoms. The van der Waals surface area contributed by atoms with Crippen LogP contribution in [0.1, 0.15) is 23.2 Å². The second-order valence-corrected chi connectivity index (χ2v) is 8.98. The second-order valence-electron chi connectivity index (χ2n) is 7.40. The average molecular weight is 465 g/mol. The van der Waals surface area contributed by atoms with E-state index in [9.17, 15) is 4.79 Å². The van der Waals surface area contributed by atoms with E-state index in [1.165, 1.54) is 12.0 Å². The predicted octanol–water partition coefficient (Wildman–Crippen LogP) is 3.33. The Morgan fingerprint density at radius 1 is 1.35 bits per heavy atom. The van der Waals surface area contributed by atoms with Crippen LogP contribution in [0.25, 0.3) is 0 Å². The Hall–Kier alpha value is -2.00. The average Bonchev–Trinajstić information content (AvgIpc) is 2.79. The maximum absolute atomic E-state index is 12.9. The summed E-state index contributed by atoms with van der Waals surface area (Å²) in [5, 5.41) is 3.41. The summed E-state index contributed by atoms with van der Waals surface area (Å²) < 4.78 is 11.0. The van der Waals surface area contributed by atoms with Crippen molar-refractivity contribution in [2.75, 3.05) is 45.3 Å². The predicted molar refractivity (Wildman–Crippen MR) is 125 cm³/mol. The number of hydrogen-bond acceptors (Lipinski definition) is 7. The highest BCUT2D eigenvalue weighted by Gasteiger charge is 2.31. The van der Waals surface area contributed by atoms with E-state index in [1.54, 1.807) is 19.2 Å². The van der Waals surface area contributed by atoms with Gasteiger partial charge in [0.2, 0.25) is 0 Å². The molecule has 1 aliphatic rings. The molecule has 9 heteroatoms. The van der Waals surface area contributed by atoms with E-state index >= 15 is 0 Å². The van der Waals surface area contributed by atoms with Crippen LogP contribution in [0.3, 0.4) is 0 Å². The van der Waals surface area contributed by atoms with Gasteiger partial charge in [0.1, 0.15) is 5.75 Å². The van der Waals surface area contributed by atoms with Crippen molar-refractivity contribution in [3.05, 3.63) is 47.2 Å². The zero-order valence-electron chi connectivity index (χ0n) is 17.8. The topological polar surface area (TPSA) is 89.7 Å². The SMILES string of the molecule is COc1cc(N)c(Cl)cc1C(=O)N[C@H]1CCN(CCCSc2ccncc2)C[C@H]1OC. The van der Waals surface area contributed by atoms with E-state index in [0.29, 0.717) is 22.0 Å². The summed E-state index contributed by atoms with van der Waals surface area (Å²) >= 11 is 7.95. The van der Waals surface area contributed by atoms with E-state index < -0.39 is 0 Å². The Balaban J connectivity index is 1.50. The van der Waals surface area contributed by atoms with Crippen LogP contribution in [0.4, 0.5) is 5.69 Å². The van der Waals surface area contributed by atoms with Crippen molar-refractivity contribution in [3.8, 4) is 5.75 Å². The van der Waals surface area contributed by atoms with Crippen molar-refractivity contribution in [1.82, 2.24) is 15.2 Å². The number of carbonyl (C=O) groups is 1. The summed E-state index contributed by atoms with van der Waals surface area (Å²) in [7, 11) is 3.19. The van der Waals surface area contributed by atoms with Crippen LogP contribution in [-0.2, 0) is 4.74 Å². The summed E-state index contributed by atoms with van der Waals surface area (Å²) in [5.41, 5.74) is 6.56. The number of methoxy groups -OCH3 is 2. The molecule has 1 amide bonds. The lowest BCUT2D eigenvalue weighted by Gasteiger charge is -2.38. The molecule has 2 atom stereocenters. The maximum atomic E-state index is 12.9. The molecule has 0 aliphatic carbocycles. The molecule has 168 valence electrons. The molecule has 1 fully saturated rings. The van der Waals surface area contributed by atoms with Gasteiger partial charge in [0.15, 0.2) is 0 Å². The number of anilines is 1. The Labute approximate surface area is 192 Å². The molecule has 0 spiro atoms. The highest BCUT2D eigenvalue weighted by Crippen LogP contribution is 2.29. The molecule has 0 saturated carbocycles. The van der Waals surface area contributed by atoms with Crippen LogP contribution in [0, 0.1) is 0 Å². The first kappa shape index (κ1) is 23.7. The fourth-order valence-corrected chi connectivity index (χ4v) is 4.65. The number of ether oxygens (including phenoxy) is 2. The molecule has 7 nitrogen and oxygen atoms in total. The highest BCUT2D eigenvalue weighted by molar-refractivity contribution is 7.99. The summed E-state index contributed by atoms with van der Waals surface area (Å²) in [5.74, 6) is 1.21. The van der Waals surface area contributed by atoms with Gasteiger partial charge in [-0.1, -0.05) is 11.6 Å². The number of amides is 1. The number of halogens is 1. The molecule has 31 heavy (non-hydrogen) atoms. The smallest absolute Gasteiger partial charge is 0.255 e. The largest absolute Gasteiger partial charge is 0.496 e. The fourth-order valence-electron chi connectivity index (χ4n) is 3.66. The van der Waals surface area contributed by atoms with Crippen LogP contribution in [0.5, 0.6) is 5.75 Å². The van der Waals surface area contributed by atoms with Crippen molar-refractivity contribution >= 4 is 35.0 Å². The lowest BCUT2D eigenvalue weighted by Crippen LogP contribution is -2.55. The van der Waals surface area contributed by atoms with Gasteiger partial charge in [-0.25, -0.2) is 0 Å². The van der Waals surface area contributed by atoms with Gasteiger partial charge in [0.25, 0.3) is 5.91 Å². The number of piperidine rings is 1. The number of nitrogens with zero attached hydrogens (tertiary/aromatic N) is 2. The van der Waals surface area contributed by atoms with Crippen LogP contribution in [-0.4, -0.2) is 67.5 Å². The summed E-state index contributed by atoms with van der Waals surface area (Å²) in [6.07, 6.45) is 5.45. The molecule has 2 heterocycles. The van der Waals surface area contributed by atoms with Gasteiger partial charge in [-0.2, -0.15) is 0 Å². The third-order valence-electron chi connectivity index (χ3n) is 5.36. The molecule has 0 radical (unpaired) electrons. The number of hydrogen-bond donors (Lipinski definition) is 2. The van der Waals surface area contributed by atoms with Gasteiger partial charge in [-0.15, -0.1) is 11.8 Å². The van der Waals surface area contributed by atoms with Gasteiger partial charge in [-0.05, 0) is 43.3 Å². The van der Waals surface area contributed by atoms with Crippen LogP contribution in [0.2, 0.25) is 5.02 Å². The number of pyridine rings is 1. The van der Waals surface area contributed by atoms with E-state index in [0.717, 1.165) is 38.2 Å². The zero-order chi connectivity index (χ0) is 22.2. The van der Waals surface area contributed by atoms with E-state index in [4.69, 9.17) is 26.8 Å². The number of thioether (sulfide) groups is 1. The first-order chi connectivity index (χ1) is 15.0. The first-order valence-electron chi connectivity index (χ1n) is 10.2. The molecule has 3 N–H and O–H groups in total. The monoisotopic (exact) mass is 464 g/mol. The van der Waals surface area contributed by atoms with Crippen molar-refractivity contribution in [2.24, 2.45) is 0 Å². The normalized spacial score (nSPS) is 19.2. The van der Waals surface area contributed by atoms with Crippen molar-refractivity contribution in [2.45, 2.75) is 29.9 Å². The van der Waals surface area contributed by atoms with Gasteiger partial charge in [-0.3, -0.25) is 9.78 Å². The lowest BCUT2D eigenvalue weighted by atomic mass is 10.0. The maximum Gasteiger partial charge on any atom is 0.255 e. The number of carbonyl (C=O) groups excluding carboxylic acids is 1. The van der Waals surface area contributed by atoms with Crippen molar-refractivity contribution in [1.29, 1.82) is 0 Å². The minimum atomic E-state index is -0.243. The number of aromatic nitrogens is 1. The second kappa shape index (κ2) is 11.6. The molecule has 1 aromatic carbocycles. The van der Waals surface area contributed by atoms with E-state index in [1.807, 2.05) is 36.3 Å². The number of likely N-dealkylation sites (tertiary alicyclic amines) is 1. The molecule has 1 saturated heterocycles. The number of nitrogens with two attached hydrogens (primary N) is 1. The lowest BCUT2D eigenvalue weighted by molar-refractivity contribution is 0.00655. The molecule has 1 aliphatic heterocycles. The molecule has 2 aromatic rings. The Morgan fingerprint density at radius 3 is 2.84 bits per heavy atom. The highest BCUT2D eigenvalue weighted by atomic mass is 35.5. The molecule has 3 rings (SSSR count). The van der Waals surface area contributed by atoms with Gasteiger partial charge in [0, 0.05) is 43.6 Å². The third-order valence-corrected chi connectivity index (χ3v) is 6.79. The Kier molecular flexibility index (Phi) is 8.83. The minimum absolute atomic E-state index is 0.0824. The first-order valence-corrected chi connectivity index (χ1v) is 11.6. The molecular formula is C22H29ClN4O3S. The quantitative estimate of drug-likeness (QED) is 0.334. The van der Waals surface area contributed by atoms with Gasteiger partial charge in [0.05, 0.1) is 35.5 Å². The molecule has 0 unspecified atom stereocenters. The minimum Gasteiger partial charge on any atom is -0.496 e. The van der Waals surface area contributed by atoms with Crippen molar-refractivity contribution < 1.29 is 14.3 Å². The molecular weight excluding hydrogens is 436 g/mol.